The second-order valence-electron chi connectivity index (χ2n) is 10.3. The third-order valence-electron chi connectivity index (χ3n) is 7.58. The van der Waals surface area contributed by atoms with Crippen LogP contribution in [-0.2, 0) is 13.1 Å². The predicted molar refractivity (Wildman–Crippen MR) is 146 cm³/mol. The summed E-state index contributed by atoms with van der Waals surface area (Å²) in [5, 5.41) is 0.893. The molecule has 0 radical (unpaired) electrons. The van der Waals surface area contributed by atoms with Gasteiger partial charge in [-0.2, -0.15) is 0 Å². The first-order valence-corrected chi connectivity index (χ1v) is 13.4. The lowest BCUT2D eigenvalue weighted by molar-refractivity contribution is 0.0729. The van der Waals surface area contributed by atoms with Crippen molar-refractivity contribution in [1.29, 1.82) is 0 Å². The molecule has 188 valence electrons. The van der Waals surface area contributed by atoms with E-state index >= 15 is 0 Å². The summed E-state index contributed by atoms with van der Waals surface area (Å²) < 4.78 is 14.0. The molecule has 0 spiro atoms. The summed E-state index contributed by atoms with van der Waals surface area (Å²) in [7, 11) is 0. The number of para-hydroxylation sites is 1. The highest BCUT2D eigenvalue weighted by molar-refractivity contribution is 6.09. The van der Waals surface area contributed by atoms with Gasteiger partial charge in [0, 0.05) is 35.6 Å². The normalized spacial score (nSPS) is 16.1. The van der Waals surface area contributed by atoms with Crippen molar-refractivity contribution in [3.05, 3.63) is 101 Å². The molecule has 1 aliphatic heterocycles. The van der Waals surface area contributed by atoms with E-state index in [4.69, 9.17) is 4.98 Å². The van der Waals surface area contributed by atoms with Crippen LogP contribution in [0, 0.1) is 5.82 Å². The lowest BCUT2D eigenvalue weighted by atomic mass is 9.94. The standard InChI is InChI=1S/C32H32FN3O/c33-25-13-9-10-23(20-25)21-36(26-16-17-26)32(37)30-27-14-5-6-15-29(27)34-31(24-11-3-1-4-12-24)28(30)22-35-18-7-2-8-19-35/h1,3-6,9-15,20,26H,2,7-8,16-19,21-22H2. The molecule has 5 heteroatoms. The monoisotopic (exact) mass is 493 g/mol. The minimum Gasteiger partial charge on any atom is -0.331 e. The Bertz CT molecular complexity index is 1410. The number of likely N-dealkylation sites (tertiary alicyclic amines) is 1. The van der Waals surface area contributed by atoms with E-state index in [-0.39, 0.29) is 17.8 Å². The first-order valence-electron chi connectivity index (χ1n) is 13.4. The lowest BCUT2D eigenvalue weighted by Gasteiger charge is -2.30. The van der Waals surface area contributed by atoms with Gasteiger partial charge in [-0.1, -0.05) is 67.1 Å². The second kappa shape index (κ2) is 10.4. The highest BCUT2D eigenvalue weighted by Crippen LogP contribution is 2.36. The van der Waals surface area contributed by atoms with Crippen molar-refractivity contribution in [2.24, 2.45) is 0 Å². The Morgan fingerprint density at radius 3 is 2.43 bits per heavy atom. The van der Waals surface area contributed by atoms with E-state index in [1.165, 1.54) is 31.4 Å². The van der Waals surface area contributed by atoms with Gasteiger partial charge in [-0.05, 0) is 62.5 Å². The molecule has 0 N–H and O–H groups in total. The fourth-order valence-corrected chi connectivity index (χ4v) is 5.55. The number of pyridine rings is 1. The Morgan fingerprint density at radius 1 is 0.919 bits per heavy atom. The minimum atomic E-state index is -0.271. The number of hydrogen-bond donors (Lipinski definition) is 0. The summed E-state index contributed by atoms with van der Waals surface area (Å²) in [6, 6.07) is 25.0. The molecule has 2 aliphatic rings. The van der Waals surface area contributed by atoms with Crippen molar-refractivity contribution in [2.75, 3.05) is 13.1 Å². The van der Waals surface area contributed by atoms with E-state index < -0.39 is 0 Å². The fourth-order valence-electron chi connectivity index (χ4n) is 5.55. The summed E-state index contributed by atoms with van der Waals surface area (Å²) in [5.74, 6) is -0.248. The Balaban J connectivity index is 1.51. The summed E-state index contributed by atoms with van der Waals surface area (Å²) >= 11 is 0. The van der Waals surface area contributed by atoms with E-state index in [9.17, 15) is 9.18 Å². The van der Waals surface area contributed by atoms with Crippen LogP contribution in [0.25, 0.3) is 22.2 Å². The highest BCUT2D eigenvalue weighted by atomic mass is 19.1. The van der Waals surface area contributed by atoms with Gasteiger partial charge in [0.2, 0.25) is 0 Å². The molecule has 1 saturated carbocycles. The topological polar surface area (TPSA) is 36.4 Å². The number of piperidine rings is 1. The number of carbonyl (C=O) groups is 1. The number of benzene rings is 3. The van der Waals surface area contributed by atoms with Crippen molar-refractivity contribution in [2.45, 2.75) is 51.2 Å². The first-order chi connectivity index (χ1) is 18.2. The van der Waals surface area contributed by atoms with Gasteiger partial charge in [-0.25, -0.2) is 9.37 Å². The van der Waals surface area contributed by atoms with Crippen molar-refractivity contribution in [3.8, 4) is 11.3 Å². The molecule has 6 rings (SSSR count). The molecule has 4 aromatic rings. The number of halogens is 1. The van der Waals surface area contributed by atoms with E-state index in [1.807, 2.05) is 53.4 Å². The summed E-state index contributed by atoms with van der Waals surface area (Å²) in [6.07, 6.45) is 5.58. The number of rotatable bonds is 7. The summed E-state index contributed by atoms with van der Waals surface area (Å²) in [5.41, 5.74) is 5.31. The van der Waals surface area contributed by atoms with Gasteiger partial charge in [0.05, 0.1) is 16.8 Å². The molecule has 1 saturated heterocycles. The number of hydrogen-bond acceptors (Lipinski definition) is 3. The van der Waals surface area contributed by atoms with Gasteiger partial charge in [0.25, 0.3) is 5.91 Å². The SMILES string of the molecule is O=C(c1c(CN2CCCCC2)c(-c2ccccc2)nc2ccccc12)N(Cc1cccc(F)c1)C1CC1. The van der Waals surface area contributed by atoms with Crippen LogP contribution in [0.15, 0.2) is 78.9 Å². The van der Waals surface area contributed by atoms with Crippen LogP contribution in [0.3, 0.4) is 0 Å². The number of aromatic nitrogens is 1. The van der Waals surface area contributed by atoms with Crippen molar-refractivity contribution >= 4 is 16.8 Å². The van der Waals surface area contributed by atoms with E-state index in [0.29, 0.717) is 13.1 Å². The molecule has 2 heterocycles. The van der Waals surface area contributed by atoms with Crippen molar-refractivity contribution in [1.82, 2.24) is 14.8 Å². The molecule has 1 aromatic heterocycles. The van der Waals surface area contributed by atoms with Gasteiger partial charge < -0.3 is 4.90 Å². The molecule has 3 aromatic carbocycles. The molecule has 37 heavy (non-hydrogen) atoms. The van der Waals surface area contributed by atoms with E-state index in [2.05, 4.69) is 17.0 Å². The molecule has 1 aliphatic carbocycles. The highest BCUT2D eigenvalue weighted by Gasteiger charge is 2.36. The average molecular weight is 494 g/mol. The maximum atomic E-state index is 14.6. The Kier molecular flexibility index (Phi) is 6.71. The molecule has 4 nitrogen and oxygen atoms in total. The zero-order chi connectivity index (χ0) is 25.2. The minimum absolute atomic E-state index is 0.0227. The van der Waals surface area contributed by atoms with E-state index in [1.54, 1.807) is 6.07 Å². The Labute approximate surface area is 217 Å². The molecule has 0 unspecified atom stereocenters. The van der Waals surface area contributed by atoms with Crippen LogP contribution in [0.4, 0.5) is 4.39 Å². The third kappa shape index (κ3) is 5.14. The number of nitrogens with zero attached hydrogens (tertiary/aromatic N) is 3. The molecule has 0 bridgehead atoms. The Morgan fingerprint density at radius 2 is 1.68 bits per heavy atom. The van der Waals surface area contributed by atoms with Gasteiger partial charge in [0.15, 0.2) is 0 Å². The smallest absolute Gasteiger partial charge is 0.255 e. The molecular formula is C32H32FN3O. The largest absolute Gasteiger partial charge is 0.331 e. The third-order valence-corrected chi connectivity index (χ3v) is 7.58. The molecular weight excluding hydrogens is 461 g/mol. The van der Waals surface area contributed by atoms with Gasteiger partial charge in [0.1, 0.15) is 5.82 Å². The van der Waals surface area contributed by atoms with E-state index in [0.717, 1.165) is 64.8 Å². The zero-order valence-electron chi connectivity index (χ0n) is 21.1. The maximum absolute atomic E-state index is 14.6. The number of amides is 1. The molecule has 2 fully saturated rings. The number of carbonyl (C=O) groups excluding carboxylic acids is 1. The van der Waals surface area contributed by atoms with Crippen LogP contribution < -0.4 is 0 Å². The van der Waals surface area contributed by atoms with Crippen LogP contribution in [0.2, 0.25) is 0 Å². The van der Waals surface area contributed by atoms with Crippen LogP contribution in [0.5, 0.6) is 0 Å². The van der Waals surface area contributed by atoms with Gasteiger partial charge in [-0.3, -0.25) is 9.69 Å². The molecule has 1 amide bonds. The predicted octanol–water partition coefficient (Wildman–Crippen LogP) is 6.83. The zero-order valence-corrected chi connectivity index (χ0v) is 21.1. The van der Waals surface area contributed by atoms with Gasteiger partial charge >= 0.3 is 0 Å². The average Bonchev–Trinajstić information content (AvgIpc) is 3.78. The summed E-state index contributed by atoms with van der Waals surface area (Å²) in [6.45, 7) is 3.16. The van der Waals surface area contributed by atoms with Crippen LogP contribution in [0.1, 0.15) is 53.6 Å². The lowest BCUT2D eigenvalue weighted by Crippen LogP contribution is -2.35. The number of fused-ring (bicyclic) bond motifs is 1. The molecule has 0 atom stereocenters. The quantitative estimate of drug-likeness (QED) is 0.283. The van der Waals surface area contributed by atoms with Crippen LogP contribution >= 0.6 is 0 Å². The maximum Gasteiger partial charge on any atom is 0.255 e. The summed E-state index contributed by atoms with van der Waals surface area (Å²) in [4.78, 5) is 24.1. The fraction of sp³-hybridized carbons (Fsp3) is 0.312. The van der Waals surface area contributed by atoms with Crippen molar-refractivity contribution < 1.29 is 9.18 Å². The van der Waals surface area contributed by atoms with Crippen LogP contribution in [-0.4, -0.2) is 39.8 Å². The Hall–Kier alpha value is -3.57. The first kappa shape index (κ1) is 23.8. The van der Waals surface area contributed by atoms with Gasteiger partial charge in [-0.15, -0.1) is 0 Å². The second-order valence-corrected chi connectivity index (χ2v) is 10.3. The van der Waals surface area contributed by atoms with Crippen molar-refractivity contribution in [3.63, 3.8) is 0 Å².